The Hall–Kier alpha value is -2.02. The number of hydrogen-bond donors (Lipinski definition) is 2. The molecule has 122 valence electrons. The van der Waals surface area contributed by atoms with E-state index >= 15 is 0 Å². The van der Waals surface area contributed by atoms with Crippen LogP contribution in [0.1, 0.15) is 0 Å². The Kier molecular flexibility index (Phi) is 5.40. The highest BCUT2D eigenvalue weighted by Crippen LogP contribution is 2.33. The molecule has 0 aliphatic carbocycles. The first kappa shape index (κ1) is 16.8. The fourth-order valence-corrected chi connectivity index (χ4v) is 3.69. The molecule has 0 fully saturated rings. The summed E-state index contributed by atoms with van der Waals surface area (Å²) in [6, 6.07) is 15.2. The second kappa shape index (κ2) is 7.70. The first-order chi connectivity index (χ1) is 11.6. The van der Waals surface area contributed by atoms with E-state index < -0.39 is 0 Å². The molecule has 1 amide bonds. The minimum absolute atomic E-state index is 0.127. The van der Waals surface area contributed by atoms with Crippen LogP contribution in [0.5, 0.6) is 0 Å². The zero-order valence-corrected chi connectivity index (χ0v) is 14.9. The first-order valence-electron chi connectivity index (χ1n) is 7.12. The summed E-state index contributed by atoms with van der Waals surface area (Å²) in [5.74, 6) is -0.156. The van der Waals surface area contributed by atoms with E-state index in [1.807, 2.05) is 48.5 Å². The number of rotatable bonds is 5. The molecule has 0 aliphatic heterocycles. The summed E-state index contributed by atoms with van der Waals surface area (Å²) in [6.07, 6.45) is 1.74. The SMILES string of the molecule is N=c1sccn1CC(=O)Nc1ccccc1Sc1ccc(Cl)cc1. The number of anilines is 1. The third-order valence-corrected chi connectivity index (χ3v) is 5.25. The maximum absolute atomic E-state index is 12.2. The molecular weight excluding hydrogens is 362 g/mol. The number of carbonyl (C=O) groups excluding carboxylic acids is 1. The minimum Gasteiger partial charge on any atom is -0.324 e. The Morgan fingerprint density at radius 2 is 1.96 bits per heavy atom. The van der Waals surface area contributed by atoms with Crippen molar-refractivity contribution in [3.8, 4) is 0 Å². The number of amides is 1. The van der Waals surface area contributed by atoms with Crippen LogP contribution in [-0.2, 0) is 11.3 Å². The molecule has 1 aromatic heterocycles. The highest BCUT2D eigenvalue weighted by molar-refractivity contribution is 7.99. The van der Waals surface area contributed by atoms with Crippen LogP contribution in [0.2, 0.25) is 5.02 Å². The molecular formula is C17H14ClN3OS2. The predicted octanol–water partition coefficient (Wildman–Crippen LogP) is 4.47. The zero-order chi connectivity index (χ0) is 16.9. The van der Waals surface area contributed by atoms with Gasteiger partial charge in [0.05, 0.1) is 5.69 Å². The third-order valence-electron chi connectivity index (χ3n) is 3.20. The molecule has 3 aromatic rings. The molecule has 0 aliphatic rings. The van der Waals surface area contributed by atoms with Crippen molar-refractivity contribution in [2.75, 3.05) is 5.32 Å². The number of halogens is 1. The fourth-order valence-electron chi connectivity index (χ4n) is 2.06. The number of carbonyl (C=O) groups is 1. The van der Waals surface area contributed by atoms with Gasteiger partial charge < -0.3 is 9.88 Å². The average molecular weight is 376 g/mol. The van der Waals surface area contributed by atoms with Gasteiger partial charge in [-0.25, -0.2) is 0 Å². The van der Waals surface area contributed by atoms with Gasteiger partial charge in [-0.15, -0.1) is 11.3 Å². The van der Waals surface area contributed by atoms with Crippen LogP contribution in [0.3, 0.4) is 0 Å². The monoisotopic (exact) mass is 375 g/mol. The quantitative estimate of drug-likeness (QED) is 0.691. The average Bonchev–Trinajstić information content (AvgIpc) is 2.96. The molecule has 2 N–H and O–H groups in total. The Morgan fingerprint density at radius 1 is 1.21 bits per heavy atom. The van der Waals surface area contributed by atoms with Crippen molar-refractivity contribution < 1.29 is 4.79 Å². The van der Waals surface area contributed by atoms with Crippen molar-refractivity contribution in [1.29, 1.82) is 5.41 Å². The van der Waals surface area contributed by atoms with Gasteiger partial charge >= 0.3 is 0 Å². The lowest BCUT2D eigenvalue weighted by Gasteiger charge is -2.11. The van der Waals surface area contributed by atoms with Gasteiger partial charge in [-0.05, 0) is 36.4 Å². The van der Waals surface area contributed by atoms with Gasteiger partial charge in [-0.1, -0.05) is 35.5 Å². The van der Waals surface area contributed by atoms with Crippen molar-refractivity contribution in [3.63, 3.8) is 0 Å². The lowest BCUT2D eigenvalue weighted by atomic mass is 10.3. The normalized spacial score (nSPS) is 10.5. The van der Waals surface area contributed by atoms with Crippen molar-refractivity contribution >= 4 is 46.3 Å². The van der Waals surface area contributed by atoms with Gasteiger partial charge in [-0.2, -0.15) is 0 Å². The van der Waals surface area contributed by atoms with Crippen LogP contribution in [0.4, 0.5) is 5.69 Å². The molecule has 0 atom stereocenters. The van der Waals surface area contributed by atoms with Gasteiger partial charge in [0.15, 0.2) is 4.80 Å². The number of nitrogens with one attached hydrogen (secondary N) is 2. The summed E-state index contributed by atoms with van der Waals surface area (Å²) in [5, 5.41) is 13.1. The standard InChI is InChI=1S/C17H14ClN3OS2/c18-12-5-7-13(8-6-12)24-15-4-2-1-3-14(15)20-16(22)11-21-9-10-23-17(21)19/h1-10,19H,11H2,(H,20,22). The van der Waals surface area contributed by atoms with Crippen LogP contribution < -0.4 is 10.1 Å². The van der Waals surface area contributed by atoms with E-state index in [9.17, 15) is 4.79 Å². The van der Waals surface area contributed by atoms with E-state index in [4.69, 9.17) is 17.0 Å². The van der Waals surface area contributed by atoms with Gasteiger partial charge in [-0.3, -0.25) is 10.2 Å². The number of aromatic nitrogens is 1. The van der Waals surface area contributed by atoms with Gasteiger partial charge in [0.1, 0.15) is 6.54 Å². The summed E-state index contributed by atoms with van der Waals surface area (Å²) in [4.78, 5) is 14.6. The maximum Gasteiger partial charge on any atom is 0.244 e. The van der Waals surface area contributed by atoms with E-state index in [0.717, 1.165) is 15.5 Å². The summed E-state index contributed by atoms with van der Waals surface area (Å²) in [6.45, 7) is 0.127. The molecule has 7 heteroatoms. The van der Waals surface area contributed by atoms with Crippen LogP contribution in [0.25, 0.3) is 0 Å². The van der Waals surface area contributed by atoms with Crippen LogP contribution in [-0.4, -0.2) is 10.5 Å². The Bertz CT molecular complexity index is 902. The molecule has 0 radical (unpaired) electrons. The molecule has 0 spiro atoms. The van der Waals surface area contributed by atoms with Crippen molar-refractivity contribution in [2.45, 2.75) is 16.3 Å². The smallest absolute Gasteiger partial charge is 0.244 e. The summed E-state index contributed by atoms with van der Waals surface area (Å²) in [7, 11) is 0. The predicted molar refractivity (Wildman–Crippen MR) is 98.8 cm³/mol. The van der Waals surface area contributed by atoms with Crippen LogP contribution >= 0.6 is 34.7 Å². The Labute approximate surface area is 152 Å². The minimum atomic E-state index is -0.156. The van der Waals surface area contributed by atoms with Crippen LogP contribution in [0, 0.1) is 5.41 Å². The first-order valence-corrected chi connectivity index (χ1v) is 9.20. The summed E-state index contributed by atoms with van der Waals surface area (Å²) >= 11 is 8.77. The number of thiazole rings is 1. The zero-order valence-electron chi connectivity index (χ0n) is 12.5. The third kappa shape index (κ3) is 4.29. The van der Waals surface area contributed by atoms with Gasteiger partial charge in [0, 0.05) is 26.4 Å². The highest BCUT2D eigenvalue weighted by Gasteiger charge is 2.09. The van der Waals surface area contributed by atoms with Crippen molar-refractivity contribution in [1.82, 2.24) is 4.57 Å². The lowest BCUT2D eigenvalue weighted by Crippen LogP contribution is -2.24. The van der Waals surface area contributed by atoms with Crippen LogP contribution in [0.15, 0.2) is 69.9 Å². The molecule has 24 heavy (non-hydrogen) atoms. The van der Waals surface area contributed by atoms with Crippen molar-refractivity contribution in [2.24, 2.45) is 0 Å². The molecule has 0 saturated heterocycles. The van der Waals surface area contributed by atoms with E-state index in [-0.39, 0.29) is 12.5 Å². The largest absolute Gasteiger partial charge is 0.324 e. The summed E-state index contributed by atoms with van der Waals surface area (Å²) < 4.78 is 1.61. The van der Waals surface area contributed by atoms with Gasteiger partial charge in [0.25, 0.3) is 0 Å². The number of benzene rings is 2. The molecule has 0 saturated carbocycles. The van der Waals surface area contributed by atoms with E-state index in [0.29, 0.717) is 9.82 Å². The number of hydrogen-bond acceptors (Lipinski definition) is 4. The molecule has 1 heterocycles. The Balaban J connectivity index is 1.74. The van der Waals surface area contributed by atoms with E-state index in [2.05, 4.69) is 5.32 Å². The number of nitrogens with zero attached hydrogens (tertiary/aromatic N) is 1. The van der Waals surface area contributed by atoms with Crippen molar-refractivity contribution in [3.05, 3.63) is 69.9 Å². The van der Waals surface area contributed by atoms with Gasteiger partial charge in [0.2, 0.25) is 5.91 Å². The van der Waals surface area contributed by atoms with E-state index in [1.54, 1.807) is 27.9 Å². The maximum atomic E-state index is 12.2. The molecule has 0 bridgehead atoms. The molecule has 2 aromatic carbocycles. The highest BCUT2D eigenvalue weighted by atomic mass is 35.5. The second-order valence-corrected chi connectivity index (χ2v) is 7.38. The Morgan fingerprint density at radius 3 is 2.67 bits per heavy atom. The second-order valence-electron chi connectivity index (χ2n) is 4.94. The fraction of sp³-hybridized carbons (Fsp3) is 0.0588. The molecule has 3 rings (SSSR count). The molecule has 4 nitrogen and oxygen atoms in total. The summed E-state index contributed by atoms with van der Waals surface area (Å²) in [5.41, 5.74) is 0.754. The topological polar surface area (TPSA) is 57.9 Å². The number of para-hydroxylation sites is 1. The van der Waals surface area contributed by atoms with E-state index in [1.165, 1.54) is 11.3 Å². The molecule has 0 unspecified atom stereocenters. The lowest BCUT2D eigenvalue weighted by molar-refractivity contribution is -0.116.